The fourth-order valence-corrected chi connectivity index (χ4v) is 3.33. The van der Waals surface area contributed by atoms with E-state index in [4.69, 9.17) is 0 Å². The van der Waals surface area contributed by atoms with E-state index in [2.05, 4.69) is 69.3 Å². The molecule has 2 aromatic rings. The van der Waals surface area contributed by atoms with Gasteiger partial charge in [-0.15, -0.1) is 0 Å². The van der Waals surface area contributed by atoms with Crippen LogP contribution >= 0.6 is 0 Å². The number of carbonyl (C=O) groups is 1. The van der Waals surface area contributed by atoms with Crippen molar-refractivity contribution in [1.82, 2.24) is 4.90 Å². The fraction of sp³-hybridized carbons (Fsp3) is 0.381. The second-order valence-corrected chi connectivity index (χ2v) is 7.67. The zero-order valence-electron chi connectivity index (χ0n) is 14.3. The van der Waals surface area contributed by atoms with Crippen molar-refractivity contribution in [1.29, 1.82) is 0 Å². The Bertz CT molecular complexity index is 684. The topological polar surface area (TPSA) is 20.3 Å². The van der Waals surface area contributed by atoms with Crippen molar-refractivity contribution >= 4 is 5.91 Å². The summed E-state index contributed by atoms with van der Waals surface area (Å²) in [5.74, 6) is 0.526. The molecule has 1 aliphatic rings. The summed E-state index contributed by atoms with van der Waals surface area (Å²) in [5.41, 5.74) is 3.94. The number of carbonyl (C=O) groups excluding carboxylic acids is 1. The molecule has 0 aromatic heterocycles. The van der Waals surface area contributed by atoms with E-state index in [-0.39, 0.29) is 17.2 Å². The number of rotatable bonds is 2. The van der Waals surface area contributed by atoms with Crippen molar-refractivity contribution in [2.24, 2.45) is 5.41 Å². The molecule has 1 atom stereocenters. The van der Waals surface area contributed by atoms with Crippen LogP contribution in [-0.2, 0) is 11.3 Å². The van der Waals surface area contributed by atoms with E-state index in [9.17, 15) is 4.79 Å². The van der Waals surface area contributed by atoms with Crippen molar-refractivity contribution in [2.45, 2.75) is 39.7 Å². The molecule has 1 amide bonds. The molecule has 2 nitrogen and oxygen atoms in total. The maximum atomic E-state index is 12.7. The number of hydrogen-bond acceptors (Lipinski definition) is 1. The van der Waals surface area contributed by atoms with Crippen molar-refractivity contribution < 1.29 is 4.79 Å². The summed E-state index contributed by atoms with van der Waals surface area (Å²) in [6.45, 7) is 7.87. The first-order valence-corrected chi connectivity index (χ1v) is 8.34. The molecule has 3 rings (SSSR count). The van der Waals surface area contributed by atoms with Crippen LogP contribution in [0.3, 0.4) is 0 Å². The normalized spacial score (nSPS) is 17.7. The lowest BCUT2D eigenvalue weighted by Gasteiger charge is -2.36. The van der Waals surface area contributed by atoms with Gasteiger partial charge in [0, 0.05) is 25.4 Å². The van der Waals surface area contributed by atoms with Crippen LogP contribution in [0.25, 0.3) is 0 Å². The third-order valence-corrected chi connectivity index (χ3v) is 4.43. The van der Waals surface area contributed by atoms with Gasteiger partial charge in [0.2, 0.25) is 5.91 Å². The molecule has 2 heteroatoms. The molecule has 0 aliphatic carbocycles. The van der Waals surface area contributed by atoms with Crippen LogP contribution in [0.15, 0.2) is 54.6 Å². The molecular weight excluding hydrogens is 282 g/mol. The highest BCUT2D eigenvalue weighted by atomic mass is 16.2. The van der Waals surface area contributed by atoms with Gasteiger partial charge >= 0.3 is 0 Å². The molecule has 0 fully saturated rings. The molecule has 120 valence electrons. The molecule has 0 saturated carbocycles. The van der Waals surface area contributed by atoms with Crippen LogP contribution < -0.4 is 0 Å². The van der Waals surface area contributed by atoms with Gasteiger partial charge in [-0.2, -0.15) is 0 Å². The van der Waals surface area contributed by atoms with Gasteiger partial charge in [-0.1, -0.05) is 75.4 Å². The number of fused-ring (bicyclic) bond motifs is 1. The molecular formula is C21H25NO. The number of benzene rings is 2. The second-order valence-electron chi connectivity index (χ2n) is 7.67. The van der Waals surface area contributed by atoms with E-state index in [1.807, 2.05) is 11.0 Å². The van der Waals surface area contributed by atoms with Crippen LogP contribution in [0.2, 0.25) is 0 Å². The summed E-state index contributed by atoms with van der Waals surface area (Å²) in [5, 5.41) is 0. The zero-order valence-corrected chi connectivity index (χ0v) is 14.3. The van der Waals surface area contributed by atoms with E-state index < -0.39 is 0 Å². The van der Waals surface area contributed by atoms with E-state index >= 15 is 0 Å². The summed E-state index contributed by atoms with van der Waals surface area (Å²) < 4.78 is 0. The van der Waals surface area contributed by atoms with Gasteiger partial charge in [-0.3, -0.25) is 4.79 Å². The Morgan fingerprint density at radius 3 is 2.39 bits per heavy atom. The van der Waals surface area contributed by atoms with Crippen LogP contribution in [-0.4, -0.2) is 17.4 Å². The maximum absolute atomic E-state index is 12.7. The summed E-state index contributed by atoms with van der Waals surface area (Å²) >= 11 is 0. The average molecular weight is 307 g/mol. The first-order valence-electron chi connectivity index (χ1n) is 8.34. The molecule has 0 bridgehead atoms. The standard InChI is InChI=1S/C21H25NO/c1-21(2,3)13-20(23)22-14-17-11-7-8-12-18(17)19(15-22)16-9-5-4-6-10-16/h4-12,19H,13-15H2,1-3H3. The maximum Gasteiger partial charge on any atom is 0.223 e. The molecule has 2 aromatic carbocycles. The highest BCUT2D eigenvalue weighted by molar-refractivity contribution is 5.77. The Hall–Kier alpha value is -2.09. The predicted molar refractivity (Wildman–Crippen MR) is 94.2 cm³/mol. The van der Waals surface area contributed by atoms with E-state index in [0.29, 0.717) is 6.42 Å². The molecule has 0 radical (unpaired) electrons. The lowest BCUT2D eigenvalue weighted by atomic mass is 9.84. The largest absolute Gasteiger partial charge is 0.337 e. The Morgan fingerprint density at radius 1 is 1.04 bits per heavy atom. The van der Waals surface area contributed by atoms with Crippen molar-refractivity contribution in [3.05, 3.63) is 71.3 Å². The molecule has 0 saturated heterocycles. The quantitative estimate of drug-likeness (QED) is 0.794. The average Bonchev–Trinajstić information content (AvgIpc) is 2.53. The predicted octanol–water partition coefficient (Wildman–Crippen LogP) is 4.60. The summed E-state index contributed by atoms with van der Waals surface area (Å²) in [6, 6.07) is 19.1. The summed E-state index contributed by atoms with van der Waals surface area (Å²) in [6.07, 6.45) is 0.594. The number of hydrogen-bond donors (Lipinski definition) is 0. The van der Waals surface area contributed by atoms with Crippen LogP contribution in [0.5, 0.6) is 0 Å². The van der Waals surface area contributed by atoms with Gasteiger partial charge in [0.15, 0.2) is 0 Å². The minimum atomic E-state index is 0.0241. The molecule has 0 N–H and O–H groups in total. The Kier molecular flexibility index (Phi) is 4.25. The summed E-state index contributed by atoms with van der Waals surface area (Å²) in [7, 11) is 0. The van der Waals surface area contributed by atoms with Gasteiger partial charge in [0.05, 0.1) is 0 Å². The first-order chi connectivity index (χ1) is 10.9. The fourth-order valence-electron chi connectivity index (χ4n) is 3.33. The third kappa shape index (κ3) is 3.64. The lowest BCUT2D eigenvalue weighted by Crippen LogP contribution is -2.40. The van der Waals surface area contributed by atoms with Gasteiger partial charge in [-0.05, 0) is 22.1 Å². The highest BCUT2D eigenvalue weighted by Gasteiger charge is 2.30. The van der Waals surface area contributed by atoms with Crippen molar-refractivity contribution in [3.63, 3.8) is 0 Å². The lowest BCUT2D eigenvalue weighted by molar-refractivity contribution is -0.134. The highest BCUT2D eigenvalue weighted by Crippen LogP contribution is 2.34. The van der Waals surface area contributed by atoms with Crippen molar-refractivity contribution in [2.75, 3.05) is 6.54 Å². The molecule has 1 heterocycles. The Balaban J connectivity index is 1.92. The van der Waals surface area contributed by atoms with Gasteiger partial charge in [-0.25, -0.2) is 0 Å². The first kappa shape index (κ1) is 15.8. The number of nitrogens with zero attached hydrogens (tertiary/aromatic N) is 1. The van der Waals surface area contributed by atoms with Crippen molar-refractivity contribution in [3.8, 4) is 0 Å². The monoisotopic (exact) mass is 307 g/mol. The minimum Gasteiger partial charge on any atom is -0.337 e. The van der Waals surface area contributed by atoms with E-state index in [1.165, 1.54) is 16.7 Å². The summed E-state index contributed by atoms with van der Waals surface area (Å²) in [4.78, 5) is 14.8. The number of amides is 1. The SMILES string of the molecule is CC(C)(C)CC(=O)N1Cc2ccccc2C(c2ccccc2)C1. The Labute approximate surface area is 139 Å². The Morgan fingerprint density at radius 2 is 1.70 bits per heavy atom. The van der Waals surface area contributed by atoms with E-state index in [0.717, 1.165) is 13.1 Å². The molecule has 1 unspecified atom stereocenters. The molecule has 23 heavy (non-hydrogen) atoms. The smallest absolute Gasteiger partial charge is 0.223 e. The molecule has 0 spiro atoms. The van der Waals surface area contributed by atoms with Gasteiger partial charge in [0.1, 0.15) is 0 Å². The van der Waals surface area contributed by atoms with E-state index in [1.54, 1.807) is 0 Å². The van der Waals surface area contributed by atoms with Crippen LogP contribution in [0, 0.1) is 5.41 Å². The van der Waals surface area contributed by atoms with Crippen LogP contribution in [0.4, 0.5) is 0 Å². The van der Waals surface area contributed by atoms with Crippen LogP contribution in [0.1, 0.15) is 49.8 Å². The molecule has 1 aliphatic heterocycles. The minimum absolute atomic E-state index is 0.0241. The zero-order chi connectivity index (χ0) is 16.4. The third-order valence-electron chi connectivity index (χ3n) is 4.43. The van der Waals surface area contributed by atoms with Gasteiger partial charge < -0.3 is 4.90 Å². The second kappa shape index (κ2) is 6.19. The van der Waals surface area contributed by atoms with Gasteiger partial charge in [0.25, 0.3) is 0 Å².